The second kappa shape index (κ2) is 7.73. The largest absolute Gasteiger partial charge is 0.483 e. The zero-order valence-corrected chi connectivity index (χ0v) is 23.0. The summed E-state index contributed by atoms with van der Waals surface area (Å²) in [7, 11) is 0. The van der Waals surface area contributed by atoms with Gasteiger partial charge in [0.25, 0.3) is 0 Å². The normalized spacial score (nSPS) is 13.6. The summed E-state index contributed by atoms with van der Waals surface area (Å²) in [6.45, 7) is 14.2. The molecule has 0 bridgehead atoms. The van der Waals surface area contributed by atoms with E-state index in [1.807, 2.05) is 18.2 Å². The van der Waals surface area contributed by atoms with E-state index in [0.717, 1.165) is 34.0 Å². The third kappa shape index (κ3) is 3.39. The smallest absolute Gasteiger partial charge is 0.152 e. The van der Waals surface area contributed by atoms with Gasteiger partial charge in [0.2, 0.25) is 0 Å². The van der Waals surface area contributed by atoms with Crippen LogP contribution in [0.5, 0.6) is 5.75 Å². The Morgan fingerprint density at radius 1 is 0.658 bits per heavy atom. The van der Waals surface area contributed by atoms with Crippen LogP contribution in [0.4, 0.5) is 0 Å². The summed E-state index contributed by atoms with van der Waals surface area (Å²) in [6, 6.07) is 28.8. The lowest BCUT2D eigenvalue weighted by Crippen LogP contribution is -2.12. The van der Waals surface area contributed by atoms with Crippen molar-refractivity contribution in [1.29, 1.82) is 0 Å². The first-order chi connectivity index (χ1) is 18.1. The van der Waals surface area contributed by atoms with Gasteiger partial charge in [0, 0.05) is 16.5 Å². The molecule has 1 aliphatic heterocycles. The van der Waals surface area contributed by atoms with Crippen molar-refractivity contribution in [2.45, 2.75) is 59.0 Å². The van der Waals surface area contributed by atoms with Crippen LogP contribution >= 0.6 is 0 Å². The standard InChI is InChI=1S/C34H33N3O/c1-33(2,3)21-11-14-27-24(17-21)25-18-22(34(4,5)6)12-15-28(25)36(27)23-13-16-29-26(19-23)35-32-20-38-31-10-8-7-9-30(31)37(29)32/h7-19H,20H2,1-6H3. The summed E-state index contributed by atoms with van der Waals surface area (Å²) in [5.41, 5.74) is 9.54. The highest BCUT2D eigenvalue weighted by Gasteiger charge is 2.23. The van der Waals surface area contributed by atoms with Gasteiger partial charge in [-0.05, 0) is 76.6 Å². The maximum absolute atomic E-state index is 5.99. The van der Waals surface area contributed by atoms with Gasteiger partial charge in [-0.15, -0.1) is 0 Å². The maximum atomic E-state index is 5.99. The Kier molecular flexibility index (Phi) is 4.70. The molecule has 0 spiro atoms. The number of hydrogen-bond donors (Lipinski definition) is 0. The molecule has 0 aliphatic carbocycles. The molecule has 4 heteroatoms. The number of benzene rings is 4. The van der Waals surface area contributed by atoms with Crippen molar-refractivity contribution in [1.82, 2.24) is 14.1 Å². The quantitative estimate of drug-likeness (QED) is 0.227. The molecule has 38 heavy (non-hydrogen) atoms. The van der Waals surface area contributed by atoms with Gasteiger partial charge in [0.1, 0.15) is 12.4 Å². The molecule has 190 valence electrons. The van der Waals surface area contributed by atoms with E-state index >= 15 is 0 Å². The summed E-state index contributed by atoms with van der Waals surface area (Å²) in [4.78, 5) is 5.00. The van der Waals surface area contributed by atoms with E-state index in [1.54, 1.807) is 0 Å². The Labute approximate surface area is 223 Å². The van der Waals surface area contributed by atoms with Crippen molar-refractivity contribution >= 4 is 32.8 Å². The van der Waals surface area contributed by atoms with Crippen LogP contribution < -0.4 is 4.74 Å². The highest BCUT2D eigenvalue weighted by molar-refractivity contribution is 6.10. The minimum absolute atomic E-state index is 0.0804. The van der Waals surface area contributed by atoms with Crippen LogP contribution in [-0.2, 0) is 17.4 Å². The molecule has 1 aliphatic rings. The van der Waals surface area contributed by atoms with E-state index in [2.05, 4.69) is 111 Å². The van der Waals surface area contributed by atoms with E-state index < -0.39 is 0 Å². The van der Waals surface area contributed by atoms with Gasteiger partial charge in [-0.1, -0.05) is 65.8 Å². The molecule has 0 N–H and O–H groups in total. The fourth-order valence-corrected chi connectivity index (χ4v) is 5.76. The SMILES string of the molecule is CC(C)(C)c1ccc2c(c1)c1cc(C(C)(C)C)ccc1n2-c1ccc2c(c1)nc1n2-c2ccccc2OC1. The lowest BCUT2D eigenvalue weighted by atomic mass is 9.85. The monoisotopic (exact) mass is 499 g/mol. The van der Waals surface area contributed by atoms with E-state index in [-0.39, 0.29) is 10.8 Å². The predicted molar refractivity (Wildman–Crippen MR) is 157 cm³/mol. The lowest BCUT2D eigenvalue weighted by molar-refractivity contribution is 0.280. The number of ether oxygens (including phenoxy) is 1. The van der Waals surface area contributed by atoms with Crippen molar-refractivity contribution < 1.29 is 4.74 Å². The number of rotatable bonds is 1. The van der Waals surface area contributed by atoms with Gasteiger partial charge in [0.05, 0.1) is 27.8 Å². The van der Waals surface area contributed by atoms with Crippen molar-refractivity contribution in [2.75, 3.05) is 0 Å². The summed E-state index contributed by atoms with van der Waals surface area (Å²) >= 11 is 0. The third-order valence-corrected chi connectivity index (χ3v) is 7.93. The van der Waals surface area contributed by atoms with Gasteiger partial charge in [-0.3, -0.25) is 4.57 Å². The molecule has 0 fully saturated rings. The molecular formula is C34H33N3O. The molecule has 6 aromatic rings. The van der Waals surface area contributed by atoms with Crippen LogP contribution in [0.15, 0.2) is 78.9 Å². The molecule has 0 saturated carbocycles. The Hall–Kier alpha value is -4.05. The number of nitrogens with zero attached hydrogens (tertiary/aromatic N) is 3. The molecule has 0 radical (unpaired) electrons. The van der Waals surface area contributed by atoms with Crippen LogP contribution in [0, 0.1) is 0 Å². The summed E-state index contributed by atoms with van der Waals surface area (Å²) in [5, 5.41) is 2.59. The molecule has 2 aromatic heterocycles. The second-order valence-corrected chi connectivity index (χ2v) is 12.6. The zero-order chi connectivity index (χ0) is 26.4. The molecule has 0 saturated heterocycles. The highest BCUT2D eigenvalue weighted by Crippen LogP contribution is 2.39. The number of imidazole rings is 1. The van der Waals surface area contributed by atoms with E-state index in [0.29, 0.717) is 6.61 Å². The predicted octanol–water partition coefficient (Wildman–Crippen LogP) is 8.61. The lowest BCUT2D eigenvalue weighted by Gasteiger charge is -2.19. The molecule has 4 aromatic carbocycles. The van der Waals surface area contributed by atoms with Gasteiger partial charge in [0.15, 0.2) is 5.82 Å². The van der Waals surface area contributed by atoms with Crippen molar-refractivity contribution in [3.8, 4) is 17.1 Å². The van der Waals surface area contributed by atoms with Crippen molar-refractivity contribution in [3.05, 3.63) is 95.8 Å². The van der Waals surface area contributed by atoms with Gasteiger partial charge >= 0.3 is 0 Å². The fraction of sp³-hybridized carbons (Fsp3) is 0.265. The van der Waals surface area contributed by atoms with Gasteiger partial charge in [-0.2, -0.15) is 0 Å². The first-order valence-corrected chi connectivity index (χ1v) is 13.4. The molecular weight excluding hydrogens is 466 g/mol. The zero-order valence-electron chi connectivity index (χ0n) is 23.0. The third-order valence-electron chi connectivity index (χ3n) is 7.93. The first-order valence-electron chi connectivity index (χ1n) is 13.4. The van der Waals surface area contributed by atoms with E-state index in [9.17, 15) is 0 Å². The molecule has 0 atom stereocenters. The number of para-hydroxylation sites is 2. The van der Waals surface area contributed by atoms with Crippen LogP contribution in [0.1, 0.15) is 58.5 Å². The minimum atomic E-state index is 0.0804. The van der Waals surface area contributed by atoms with Crippen LogP contribution in [0.25, 0.3) is 44.2 Å². The van der Waals surface area contributed by atoms with Gasteiger partial charge < -0.3 is 9.30 Å². The van der Waals surface area contributed by atoms with Crippen molar-refractivity contribution in [3.63, 3.8) is 0 Å². The van der Waals surface area contributed by atoms with Crippen LogP contribution in [-0.4, -0.2) is 14.1 Å². The second-order valence-electron chi connectivity index (χ2n) is 12.6. The number of aromatic nitrogens is 3. The average Bonchev–Trinajstić information content (AvgIpc) is 3.42. The Morgan fingerprint density at radius 2 is 1.26 bits per heavy atom. The van der Waals surface area contributed by atoms with E-state index in [1.165, 1.54) is 32.9 Å². The highest BCUT2D eigenvalue weighted by atomic mass is 16.5. The Balaban J connectivity index is 1.49. The maximum Gasteiger partial charge on any atom is 0.152 e. The first kappa shape index (κ1) is 23.1. The molecule has 0 unspecified atom stereocenters. The number of hydrogen-bond acceptors (Lipinski definition) is 2. The molecule has 0 amide bonds. The summed E-state index contributed by atoms with van der Waals surface area (Å²) < 4.78 is 10.6. The van der Waals surface area contributed by atoms with Crippen molar-refractivity contribution in [2.24, 2.45) is 0 Å². The number of fused-ring (bicyclic) bond motifs is 8. The fourth-order valence-electron chi connectivity index (χ4n) is 5.76. The molecule has 3 heterocycles. The van der Waals surface area contributed by atoms with E-state index in [4.69, 9.17) is 9.72 Å². The molecule has 7 rings (SSSR count). The van der Waals surface area contributed by atoms with Crippen LogP contribution in [0.3, 0.4) is 0 Å². The molecule has 4 nitrogen and oxygen atoms in total. The Bertz CT molecular complexity index is 1820. The minimum Gasteiger partial charge on any atom is -0.483 e. The summed E-state index contributed by atoms with van der Waals surface area (Å²) in [5.74, 6) is 1.83. The average molecular weight is 500 g/mol. The Morgan fingerprint density at radius 3 is 1.89 bits per heavy atom. The topological polar surface area (TPSA) is 32.0 Å². The van der Waals surface area contributed by atoms with Gasteiger partial charge in [-0.25, -0.2) is 4.98 Å². The van der Waals surface area contributed by atoms with Crippen LogP contribution in [0.2, 0.25) is 0 Å². The summed E-state index contributed by atoms with van der Waals surface area (Å²) in [6.07, 6.45) is 0.